The van der Waals surface area contributed by atoms with Gasteiger partial charge in [0.05, 0.1) is 5.69 Å². The molecule has 0 atom stereocenters. The molecule has 0 spiro atoms. The van der Waals surface area contributed by atoms with Crippen molar-refractivity contribution < 1.29 is 18.7 Å². The summed E-state index contributed by atoms with van der Waals surface area (Å²) in [5.41, 5.74) is 1.54. The maximum atomic E-state index is 13.1. The van der Waals surface area contributed by atoms with E-state index in [0.29, 0.717) is 27.7 Å². The molecule has 0 bridgehead atoms. The molecule has 0 fully saturated rings. The van der Waals surface area contributed by atoms with Crippen molar-refractivity contribution in [3.63, 3.8) is 0 Å². The average molecular weight is 349 g/mol. The van der Waals surface area contributed by atoms with Gasteiger partial charge in [-0.2, -0.15) is 0 Å². The third kappa shape index (κ3) is 3.33. The summed E-state index contributed by atoms with van der Waals surface area (Å²) in [5.74, 6) is -0.621. The number of carbonyl (C=O) groups is 2. The second-order valence-electron chi connectivity index (χ2n) is 5.39. The number of anilines is 2. The summed E-state index contributed by atoms with van der Waals surface area (Å²) in [6.45, 7) is 1.36. The first kappa shape index (κ1) is 16.3. The van der Waals surface area contributed by atoms with E-state index < -0.39 is 5.91 Å². The Bertz CT molecular complexity index is 825. The van der Waals surface area contributed by atoms with Crippen molar-refractivity contribution in [3.05, 3.63) is 52.8 Å². The number of halogens is 2. The molecular weight excluding hydrogens is 335 g/mol. The molecule has 0 saturated carbocycles. The van der Waals surface area contributed by atoms with Crippen molar-refractivity contribution >= 4 is 34.8 Å². The molecule has 0 aliphatic carbocycles. The number of benzene rings is 2. The highest BCUT2D eigenvalue weighted by atomic mass is 35.5. The van der Waals surface area contributed by atoms with Gasteiger partial charge in [-0.25, -0.2) is 4.39 Å². The molecular formula is C17H14ClFN2O3. The lowest BCUT2D eigenvalue weighted by Gasteiger charge is -2.29. The number of hydrogen-bond donors (Lipinski definition) is 1. The zero-order valence-corrected chi connectivity index (χ0v) is 13.6. The maximum Gasteiger partial charge on any atom is 0.265 e. The van der Waals surface area contributed by atoms with Gasteiger partial charge < -0.3 is 10.1 Å². The Balaban J connectivity index is 1.79. The van der Waals surface area contributed by atoms with E-state index in [9.17, 15) is 14.0 Å². The molecule has 0 aromatic heterocycles. The zero-order valence-electron chi connectivity index (χ0n) is 12.8. The molecule has 0 radical (unpaired) electrons. The van der Waals surface area contributed by atoms with E-state index in [1.807, 2.05) is 0 Å². The van der Waals surface area contributed by atoms with E-state index in [-0.39, 0.29) is 24.9 Å². The minimum Gasteiger partial charge on any atom is -0.482 e. The fourth-order valence-corrected chi connectivity index (χ4v) is 2.62. The average Bonchev–Trinajstić information content (AvgIpc) is 2.53. The second kappa shape index (κ2) is 6.49. The van der Waals surface area contributed by atoms with Crippen LogP contribution in [0.1, 0.15) is 5.56 Å². The first-order valence-corrected chi connectivity index (χ1v) is 7.60. The predicted octanol–water partition coefficient (Wildman–Crippen LogP) is 3.15. The van der Waals surface area contributed by atoms with Crippen LogP contribution in [0.5, 0.6) is 5.75 Å². The van der Waals surface area contributed by atoms with E-state index in [4.69, 9.17) is 16.3 Å². The van der Waals surface area contributed by atoms with E-state index in [2.05, 4.69) is 5.32 Å². The van der Waals surface area contributed by atoms with Crippen LogP contribution in [-0.2, 0) is 9.59 Å². The Morgan fingerprint density at radius 3 is 2.88 bits per heavy atom. The van der Waals surface area contributed by atoms with Crippen LogP contribution >= 0.6 is 11.6 Å². The van der Waals surface area contributed by atoms with Crippen molar-refractivity contribution in [2.75, 3.05) is 23.4 Å². The third-order valence-electron chi connectivity index (χ3n) is 3.63. The van der Waals surface area contributed by atoms with Crippen molar-refractivity contribution in [3.8, 4) is 5.75 Å². The number of amides is 2. The van der Waals surface area contributed by atoms with Gasteiger partial charge in [-0.05, 0) is 48.9 Å². The fraction of sp³-hybridized carbons (Fsp3) is 0.176. The molecule has 1 N–H and O–H groups in total. The Hall–Kier alpha value is -2.60. The van der Waals surface area contributed by atoms with Gasteiger partial charge in [0, 0.05) is 10.7 Å². The lowest BCUT2D eigenvalue weighted by Crippen LogP contribution is -2.43. The normalized spacial score (nSPS) is 13.3. The van der Waals surface area contributed by atoms with Crippen molar-refractivity contribution in [1.29, 1.82) is 0 Å². The molecule has 1 aliphatic rings. The third-order valence-corrected chi connectivity index (χ3v) is 3.86. The monoisotopic (exact) mass is 348 g/mol. The molecule has 7 heteroatoms. The number of rotatable bonds is 3. The second-order valence-corrected chi connectivity index (χ2v) is 5.82. The van der Waals surface area contributed by atoms with Crippen LogP contribution < -0.4 is 15.0 Å². The lowest BCUT2D eigenvalue weighted by molar-refractivity contribution is -0.123. The van der Waals surface area contributed by atoms with Crippen LogP contribution in [0.4, 0.5) is 15.8 Å². The minimum atomic E-state index is -0.397. The summed E-state index contributed by atoms with van der Waals surface area (Å²) in [6.07, 6.45) is 0. The summed E-state index contributed by atoms with van der Waals surface area (Å²) in [5, 5.41) is 3.11. The SMILES string of the molecule is Cc1cc(F)ccc1NC(=O)CN1C(=O)COc2ccc(Cl)cc21. The number of fused-ring (bicyclic) bond motifs is 1. The van der Waals surface area contributed by atoms with Gasteiger partial charge in [0.1, 0.15) is 18.1 Å². The fourth-order valence-electron chi connectivity index (χ4n) is 2.45. The summed E-state index contributed by atoms with van der Waals surface area (Å²) in [6, 6.07) is 8.94. The Kier molecular flexibility index (Phi) is 4.40. The van der Waals surface area contributed by atoms with Crippen LogP contribution in [0.15, 0.2) is 36.4 Å². The highest BCUT2D eigenvalue weighted by Crippen LogP contribution is 2.34. The van der Waals surface area contributed by atoms with E-state index in [1.165, 1.54) is 23.1 Å². The number of nitrogens with zero attached hydrogens (tertiary/aromatic N) is 1. The van der Waals surface area contributed by atoms with Crippen LogP contribution in [0, 0.1) is 12.7 Å². The molecule has 0 unspecified atom stereocenters. The van der Waals surface area contributed by atoms with Gasteiger partial charge in [-0.1, -0.05) is 11.6 Å². The Morgan fingerprint density at radius 1 is 1.33 bits per heavy atom. The summed E-state index contributed by atoms with van der Waals surface area (Å²) in [7, 11) is 0. The van der Waals surface area contributed by atoms with Crippen LogP contribution in [-0.4, -0.2) is 25.0 Å². The quantitative estimate of drug-likeness (QED) is 0.927. The smallest absolute Gasteiger partial charge is 0.265 e. The molecule has 3 rings (SSSR count). The van der Waals surface area contributed by atoms with E-state index in [1.54, 1.807) is 25.1 Å². The molecule has 0 saturated heterocycles. The van der Waals surface area contributed by atoms with E-state index >= 15 is 0 Å². The van der Waals surface area contributed by atoms with Crippen LogP contribution in [0.3, 0.4) is 0 Å². The van der Waals surface area contributed by atoms with Gasteiger partial charge in [0.25, 0.3) is 5.91 Å². The molecule has 24 heavy (non-hydrogen) atoms. The first-order valence-electron chi connectivity index (χ1n) is 7.23. The largest absolute Gasteiger partial charge is 0.482 e. The molecule has 2 aromatic rings. The standard InChI is InChI=1S/C17H14ClFN2O3/c1-10-6-12(19)3-4-13(10)20-16(22)8-21-14-7-11(18)2-5-15(14)24-9-17(21)23/h2-7H,8-9H2,1H3,(H,20,22). The van der Waals surface area contributed by atoms with Crippen LogP contribution in [0.2, 0.25) is 5.02 Å². The number of ether oxygens (including phenoxy) is 1. The van der Waals surface area contributed by atoms with Gasteiger partial charge in [-0.15, -0.1) is 0 Å². The highest BCUT2D eigenvalue weighted by Gasteiger charge is 2.27. The highest BCUT2D eigenvalue weighted by molar-refractivity contribution is 6.31. The number of aryl methyl sites for hydroxylation is 1. The van der Waals surface area contributed by atoms with Crippen molar-refractivity contribution in [2.45, 2.75) is 6.92 Å². The molecule has 1 heterocycles. The van der Waals surface area contributed by atoms with Crippen LogP contribution in [0.25, 0.3) is 0 Å². The summed E-state index contributed by atoms with van der Waals surface area (Å²) >= 11 is 5.96. The predicted molar refractivity (Wildman–Crippen MR) is 89.1 cm³/mol. The minimum absolute atomic E-state index is 0.141. The molecule has 5 nitrogen and oxygen atoms in total. The number of carbonyl (C=O) groups excluding carboxylic acids is 2. The Morgan fingerprint density at radius 2 is 2.12 bits per heavy atom. The molecule has 2 amide bonds. The topological polar surface area (TPSA) is 58.6 Å². The molecule has 2 aromatic carbocycles. The van der Waals surface area contributed by atoms with Crippen molar-refractivity contribution in [2.24, 2.45) is 0 Å². The van der Waals surface area contributed by atoms with E-state index in [0.717, 1.165) is 0 Å². The first-order chi connectivity index (χ1) is 11.4. The number of nitrogens with one attached hydrogen (secondary N) is 1. The summed E-state index contributed by atoms with van der Waals surface area (Å²) in [4.78, 5) is 25.7. The van der Waals surface area contributed by atoms with Crippen molar-refractivity contribution in [1.82, 2.24) is 0 Å². The zero-order chi connectivity index (χ0) is 17.3. The lowest BCUT2D eigenvalue weighted by atomic mass is 10.2. The Labute approximate surface area is 143 Å². The summed E-state index contributed by atoms with van der Waals surface area (Å²) < 4.78 is 18.4. The van der Waals surface area contributed by atoms with Gasteiger partial charge >= 0.3 is 0 Å². The molecule has 1 aliphatic heterocycles. The van der Waals surface area contributed by atoms with Gasteiger partial charge in [0.2, 0.25) is 5.91 Å². The molecule has 124 valence electrons. The maximum absolute atomic E-state index is 13.1. The van der Waals surface area contributed by atoms with Gasteiger partial charge in [-0.3, -0.25) is 14.5 Å². The number of hydrogen-bond acceptors (Lipinski definition) is 3. The van der Waals surface area contributed by atoms with Gasteiger partial charge in [0.15, 0.2) is 6.61 Å².